The molecule has 208 valence electrons. The average Bonchev–Trinajstić information content (AvgIpc) is 3.41. The third-order valence-electron chi connectivity index (χ3n) is 6.22. The molecule has 2 heterocycles. The summed E-state index contributed by atoms with van der Waals surface area (Å²) in [6.07, 6.45) is 3.56. The minimum absolute atomic E-state index is 0.206. The molecule has 1 aromatic heterocycles. The number of Topliss-reactive ketones (excluding diaryl/α,β-unsaturated/α-hetero) is 2. The van der Waals surface area contributed by atoms with Crippen LogP contribution in [0.3, 0.4) is 0 Å². The van der Waals surface area contributed by atoms with Crippen LogP contribution in [0, 0.1) is 5.92 Å². The molecule has 1 amide bonds. The minimum Gasteiger partial charge on any atom is -0.453 e. The van der Waals surface area contributed by atoms with E-state index in [2.05, 4.69) is 42.8 Å². The van der Waals surface area contributed by atoms with Crippen LogP contribution in [0.15, 0.2) is 67.1 Å². The first-order chi connectivity index (χ1) is 18.7. The number of piperazine rings is 1. The van der Waals surface area contributed by atoms with Gasteiger partial charge in [0.15, 0.2) is 11.6 Å². The van der Waals surface area contributed by atoms with Crippen LogP contribution in [0.5, 0.6) is 0 Å². The van der Waals surface area contributed by atoms with Crippen LogP contribution in [0.4, 0.5) is 4.79 Å². The van der Waals surface area contributed by atoms with E-state index in [-0.39, 0.29) is 24.1 Å². The topological polar surface area (TPSA) is 84.7 Å². The van der Waals surface area contributed by atoms with E-state index < -0.39 is 0 Å². The molecule has 0 radical (unpaired) electrons. The molecule has 1 aliphatic heterocycles. The van der Waals surface area contributed by atoms with E-state index in [1.54, 1.807) is 23.5 Å². The molecule has 0 unspecified atom stereocenters. The van der Waals surface area contributed by atoms with Crippen molar-refractivity contribution in [3.05, 3.63) is 89.5 Å². The number of aromatic nitrogens is 2. The molecule has 4 rings (SSSR count). The summed E-state index contributed by atoms with van der Waals surface area (Å²) in [4.78, 5) is 45.2. The molecule has 0 spiro atoms. The number of carbonyl (C=O) groups is 3. The molecule has 0 N–H and O–H groups in total. The molecule has 0 aliphatic carbocycles. The lowest BCUT2D eigenvalue weighted by atomic mass is 9.99. The molecule has 0 bridgehead atoms. The Kier molecular flexibility index (Phi) is 11.4. The molecule has 8 heteroatoms. The maximum Gasteiger partial charge on any atom is 0.409 e. The number of nitrogens with zero attached hydrogens (tertiary/aromatic N) is 4. The average molecular weight is 533 g/mol. The quantitative estimate of drug-likeness (QED) is 0.286. The number of rotatable bonds is 9. The van der Waals surface area contributed by atoms with Gasteiger partial charge in [0, 0.05) is 51.0 Å². The zero-order chi connectivity index (χ0) is 28.2. The smallest absolute Gasteiger partial charge is 0.409 e. The third kappa shape index (κ3) is 9.80. The number of carbonyl (C=O) groups excluding carboxylic acids is 3. The van der Waals surface area contributed by atoms with E-state index in [0.29, 0.717) is 30.9 Å². The molecule has 0 atom stereocenters. The van der Waals surface area contributed by atoms with Crippen LogP contribution in [0.1, 0.15) is 59.2 Å². The second-order valence-electron chi connectivity index (χ2n) is 10.4. The standard InChI is InChI=1S/C27H30N4O4.C4H10/c1-35-27(34)31-14-12-29(13-15-31)10-11-30-19-24(28-20-30)26(33)18-25(32)23-9-5-8-22(17-23)16-21-6-3-2-4-7-21;1-4(2)3/h2-9,17,19-20H,10-16,18H2,1H3;4H,1-3H3. The first-order valence-corrected chi connectivity index (χ1v) is 13.5. The highest BCUT2D eigenvalue weighted by atomic mass is 16.5. The predicted octanol–water partition coefficient (Wildman–Crippen LogP) is 4.98. The predicted molar refractivity (Wildman–Crippen MR) is 152 cm³/mol. The van der Waals surface area contributed by atoms with Gasteiger partial charge in [-0.3, -0.25) is 14.5 Å². The Balaban J connectivity index is 0.000000983. The number of imidazole rings is 1. The van der Waals surface area contributed by atoms with Crippen molar-refractivity contribution in [1.82, 2.24) is 19.4 Å². The van der Waals surface area contributed by atoms with Crippen molar-refractivity contribution >= 4 is 17.7 Å². The Morgan fingerprint density at radius 2 is 1.54 bits per heavy atom. The van der Waals surface area contributed by atoms with Gasteiger partial charge in [-0.25, -0.2) is 9.78 Å². The fraction of sp³-hybridized carbons (Fsp3) is 0.419. The van der Waals surface area contributed by atoms with Gasteiger partial charge in [-0.05, 0) is 29.5 Å². The highest BCUT2D eigenvalue weighted by Crippen LogP contribution is 2.14. The van der Waals surface area contributed by atoms with Crippen LogP contribution in [-0.2, 0) is 17.7 Å². The van der Waals surface area contributed by atoms with Crippen molar-refractivity contribution in [3.63, 3.8) is 0 Å². The van der Waals surface area contributed by atoms with Crippen molar-refractivity contribution in [2.75, 3.05) is 39.8 Å². The van der Waals surface area contributed by atoms with Crippen molar-refractivity contribution in [2.45, 2.75) is 40.2 Å². The van der Waals surface area contributed by atoms with Crippen LogP contribution >= 0.6 is 0 Å². The van der Waals surface area contributed by atoms with Gasteiger partial charge in [0.25, 0.3) is 0 Å². The maximum atomic E-state index is 12.8. The van der Waals surface area contributed by atoms with Crippen molar-refractivity contribution in [3.8, 4) is 0 Å². The first kappa shape index (κ1) is 29.8. The fourth-order valence-corrected chi connectivity index (χ4v) is 4.19. The van der Waals surface area contributed by atoms with E-state index in [1.165, 1.54) is 12.7 Å². The summed E-state index contributed by atoms with van der Waals surface area (Å²) in [5, 5.41) is 0. The normalized spacial score (nSPS) is 13.5. The SMILES string of the molecule is CC(C)C.COC(=O)N1CCN(CCn2cnc(C(=O)CC(=O)c3cccc(Cc4ccccc4)c3)c2)CC1. The van der Waals surface area contributed by atoms with Crippen LogP contribution < -0.4 is 0 Å². The Morgan fingerprint density at radius 1 is 0.872 bits per heavy atom. The number of methoxy groups -OCH3 is 1. The number of hydrogen-bond donors (Lipinski definition) is 0. The molecule has 1 saturated heterocycles. The molecule has 1 fully saturated rings. The second-order valence-corrected chi connectivity index (χ2v) is 10.4. The molecular formula is C31H40N4O4. The van der Waals surface area contributed by atoms with Crippen LogP contribution in [-0.4, -0.2) is 76.8 Å². The Morgan fingerprint density at radius 3 is 2.21 bits per heavy atom. The zero-order valence-electron chi connectivity index (χ0n) is 23.5. The molecule has 8 nitrogen and oxygen atoms in total. The van der Waals surface area contributed by atoms with Gasteiger partial charge in [0.2, 0.25) is 0 Å². The summed E-state index contributed by atoms with van der Waals surface area (Å²) >= 11 is 0. The van der Waals surface area contributed by atoms with Gasteiger partial charge in [0.05, 0.1) is 19.9 Å². The van der Waals surface area contributed by atoms with Gasteiger partial charge in [-0.15, -0.1) is 0 Å². The molecule has 0 saturated carbocycles. The van der Waals surface area contributed by atoms with Gasteiger partial charge >= 0.3 is 6.09 Å². The van der Waals surface area contributed by atoms with E-state index in [0.717, 1.165) is 37.5 Å². The Bertz CT molecular complexity index is 1210. The summed E-state index contributed by atoms with van der Waals surface area (Å²) < 4.78 is 6.63. The van der Waals surface area contributed by atoms with Gasteiger partial charge in [-0.1, -0.05) is 69.3 Å². The van der Waals surface area contributed by atoms with E-state index >= 15 is 0 Å². The highest BCUT2D eigenvalue weighted by Gasteiger charge is 2.21. The summed E-state index contributed by atoms with van der Waals surface area (Å²) in [7, 11) is 1.39. The van der Waals surface area contributed by atoms with Crippen molar-refractivity contribution < 1.29 is 19.1 Å². The number of ether oxygens (including phenoxy) is 1. The number of benzene rings is 2. The lowest BCUT2D eigenvalue weighted by Gasteiger charge is -2.33. The Labute approximate surface area is 231 Å². The molecule has 3 aromatic rings. The lowest BCUT2D eigenvalue weighted by molar-refractivity contribution is 0.0888. The summed E-state index contributed by atoms with van der Waals surface area (Å²) in [6.45, 7) is 10.8. The Hall–Kier alpha value is -3.78. The van der Waals surface area contributed by atoms with Crippen LogP contribution in [0.25, 0.3) is 0 Å². The summed E-state index contributed by atoms with van der Waals surface area (Å²) in [6, 6.07) is 17.5. The highest BCUT2D eigenvalue weighted by molar-refractivity contribution is 6.12. The number of hydrogen-bond acceptors (Lipinski definition) is 6. The monoisotopic (exact) mass is 532 g/mol. The van der Waals surface area contributed by atoms with Crippen molar-refractivity contribution in [2.24, 2.45) is 5.92 Å². The molecular weight excluding hydrogens is 492 g/mol. The van der Waals surface area contributed by atoms with Gasteiger partial charge in [0.1, 0.15) is 5.69 Å². The van der Waals surface area contributed by atoms with Crippen molar-refractivity contribution in [1.29, 1.82) is 0 Å². The maximum absolute atomic E-state index is 12.8. The van der Waals surface area contributed by atoms with E-state index in [1.807, 2.05) is 41.0 Å². The van der Waals surface area contributed by atoms with E-state index in [4.69, 9.17) is 4.74 Å². The summed E-state index contributed by atoms with van der Waals surface area (Å²) in [5.74, 6) is 0.344. The number of ketones is 2. The largest absolute Gasteiger partial charge is 0.453 e. The molecule has 1 aliphatic rings. The lowest BCUT2D eigenvalue weighted by Crippen LogP contribution is -2.49. The van der Waals surface area contributed by atoms with Gasteiger partial charge in [-0.2, -0.15) is 0 Å². The van der Waals surface area contributed by atoms with E-state index in [9.17, 15) is 14.4 Å². The molecule has 2 aromatic carbocycles. The number of amides is 1. The fourth-order valence-electron chi connectivity index (χ4n) is 4.19. The third-order valence-corrected chi connectivity index (χ3v) is 6.22. The first-order valence-electron chi connectivity index (χ1n) is 13.5. The minimum atomic E-state index is -0.292. The molecule has 39 heavy (non-hydrogen) atoms. The second kappa shape index (κ2) is 15.0. The zero-order valence-corrected chi connectivity index (χ0v) is 23.5. The van der Waals surface area contributed by atoms with Crippen LogP contribution in [0.2, 0.25) is 0 Å². The van der Waals surface area contributed by atoms with Gasteiger partial charge < -0.3 is 14.2 Å². The summed E-state index contributed by atoms with van der Waals surface area (Å²) in [5.41, 5.74) is 3.04.